The molecule has 3 nitrogen and oxygen atoms in total. The third-order valence-electron chi connectivity index (χ3n) is 1.50. The fourth-order valence-electron chi connectivity index (χ4n) is 0.534. The van der Waals surface area contributed by atoms with E-state index in [1.807, 2.05) is 0 Å². The molecular weight excluding hydrogens is 178 g/mol. The van der Waals surface area contributed by atoms with Gasteiger partial charge in [-0.2, -0.15) is 0 Å². The van der Waals surface area contributed by atoms with E-state index in [1.165, 1.54) is 0 Å². The topological polar surface area (TPSA) is 52.3 Å². The molecule has 0 rings (SSSR count). The quantitative estimate of drug-likeness (QED) is 0.411. The zero-order chi connectivity index (χ0) is 9.56. The highest BCUT2D eigenvalue weighted by molar-refractivity contribution is 6.19. The molecule has 4 heteroatoms. The molecule has 0 fully saturated rings. The highest BCUT2D eigenvalue weighted by atomic mass is 35.5. The molecule has 2 N–H and O–H groups in total. The summed E-state index contributed by atoms with van der Waals surface area (Å²) in [4.78, 5) is 11.1. The smallest absolute Gasteiger partial charge is 0.333 e. The Morgan fingerprint density at radius 1 is 1.50 bits per heavy atom. The molecule has 0 aromatic heterocycles. The third-order valence-corrected chi connectivity index (χ3v) is 1.90. The van der Waals surface area contributed by atoms with Crippen LogP contribution in [0.2, 0.25) is 0 Å². The number of hydrogen-bond acceptors (Lipinski definition) is 3. The van der Waals surface area contributed by atoms with Crippen molar-refractivity contribution in [2.45, 2.75) is 13.8 Å². The van der Waals surface area contributed by atoms with E-state index in [1.54, 1.807) is 13.8 Å². The number of alkyl halides is 1. The molecule has 0 saturated heterocycles. The van der Waals surface area contributed by atoms with Crippen molar-refractivity contribution < 1.29 is 9.53 Å². The van der Waals surface area contributed by atoms with Crippen molar-refractivity contribution in [1.82, 2.24) is 0 Å². The minimum Gasteiger partial charge on any atom is -0.461 e. The maximum Gasteiger partial charge on any atom is 0.333 e. The fraction of sp³-hybridized carbons (Fsp3) is 0.625. The van der Waals surface area contributed by atoms with Crippen LogP contribution in [-0.2, 0) is 9.53 Å². The molecule has 0 atom stereocenters. The van der Waals surface area contributed by atoms with E-state index in [2.05, 4.69) is 0 Å². The van der Waals surface area contributed by atoms with Crippen LogP contribution < -0.4 is 5.73 Å². The SMILES string of the molecule is CC(CCl)=C(C)C(=O)OCCN. The molecule has 0 aliphatic heterocycles. The fourth-order valence-corrected chi connectivity index (χ4v) is 0.735. The van der Waals surface area contributed by atoms with Crippen molar-refractivity contribution >= 4 is 17.6 Å². The lowest BCUT2D eigenvalue weighted by molar-refractivity contribution is -0.138. The number of carbonyl (C=O) groups is 1. The summed E-state index contributed by atoms with van der Waals surface area (Å²) in [6, 6.07) is 0. The molecule has 0 spiro atoms. The van der Waals surface area contributed by atoms with Gasteiger partial charge in [-0.25, -0.2) is 4.79 Å². The molecule has 0 bridgehead atoms. The highest BCUT2D eigenvalue weighted by Crippen LogP contribution is 2.06. The van der Waals surface area contributed by atoms with Gasteiger partial charge >= 0.3 is 5.97 Å². The summed E-state index contributed by atoms with van der Waals surface area (Å²) in [5, 5.41) is 0. The van der Waals surface area contributed by atoms with Gasteiger partial charge in [0, 0.05) is 18.0 Å². The average Bonchev–Trinajstić information content (AvgIpc) is 2.11. The Balaban J connectivity index is 4.09. The molecule has 0 radical (unpaired) electrons. The second kappa shape index (κ2) is 6.03. The molecule has 0 amide bonds. The molecular formula is C8H14ClNO2. The average molecular weight is 192 g/mol. The van der Waals surface area contributed by atoms with E-state index < -0.39 is 0 Å². The maximum absolute atomic E-state index is 11.1. The Bertz CT molecular complexity index is 189. The molecule has 0 unspecified atom stereocenters. The standard InChI is InChI=1S/C8H14ClNO2/c1-6(5-9)7(2)8(11)12-4-3-10/h3-5,10H2,1-2H3. The first-order valence-electron chi connectivity index (χ1n) is 3.73. The van der Waals surface area contributed by atoms with Crippen LogP contribution in [0.1, 0.15) is 13.8 Å². The van der Waals surface area contributed by atoms with E-state index >= 15 is 0 Å². The van der Waals surface area contributed by atoms with Crippen molar-refractivity contribution in [3.63, 3.8) is 0 Å². The normalized spacial score (nSPS) is 12.3. The van der Waals surface area contributed by atoms with E-state index in [0.29, 0.717) is 18.0 Å². The number of halogens is 1. The van der Waals surface area contributed by atoms with Gasteiger partial charge in [0.05, 0.1) is 0 Å². The zero-order valence-corrected chi connectivity index (χ0v) is 8.15. The molecule has 0 aliphatic carbocycles. The molecule has 70 valence electrons. The van der Waals surface area contributed by atoms with Gasteiger partial charge in [-0.15, -0.1) is 11.6 Å². The first kappa shape index (κ1) is 11.5. The number of rotatable bonds is 4. The van der Waals surface area contributed by atoms with Gasteiger partial charge in [0.15, 0.2) is 0 Å². The van der Waals surface area contributed by atoms with Crippen LogP contribution in [-0.4, -0.2) is 25.0 Å². The summed E-state index contributed by atoms with van der Waals surface area (Å²) < 4.78 is 4.80. The molecule has 0 aromatic rings. The number of esters is 1. The summed E-state index contributed by atoms with van der Waals surface area (Å²) in [7, 11) is 0. The van der Waals surface area contributed by atoms with Crippen LogP contribution >= 0.6 is 11.6 Å². The van der Waals surface area contributed by atoms with Crippen molar-refractivity contribution in [3.05, 3.63) is 11.1 Å². The zero-order valence-electron chi connectivity index (χ0n) is 7.39. The van der Waals surface area contributed by atoms with Crippen molar-refractivity contribution in [1.29, 1.82) is 0 Å². The predicted octanol–water partition coefficient (Wildman–Crippen LogP) is 1.06. The first-order valence-corrected chi connectivity index (χ1v) is 4.26. The van der Waals surface area contributed by atoms with Crippen molar-refractivity contribution in [2.24, 2.45) is 5.73 Å². The molecule has 0 heterocycles. The van der Waals surface area contributed by atoms with Gasteiger partial charge in [0.25, 0.3) is 0 Å². The largest absolute Gasteiger partial charge is 0.461 e. The first-order chi connectivity index (χ1) is 5.63. The Morgan fingerprint density at radius 3 is 2.50 bits per heavy atom. The van der Waals surface area contributed by atoms with Crippen molar-refractivity contribution in [2.75, 3.05) is 19.0 Å². The Kier molecular flexibility index (Phi) is 5.76. The predicted molar refractivity (Wildman–Crippen MR) is 49.1 cm³/mol. The van der Waals surface area contributed by atoms with Crippen LogP contribution in [0.25, 0.3) is 0 Å². The summed E-state index contributed by atoms with van der Waals surface area (Å²) in [6.07, 6.45) is 0. The third kappa shape index (κ3) is 3.74. The van der Waals surface area contributed by atoms with E-state index in [4.69, 9.17) is 22.1 Å². The highest BCUT2D eigenvalue weighted by Gasteiger charge is 2.07. The van der Waals surface area contributed by atoms with Gasteiger partial charge in [-0.1, -0.05) is 0 Å². The van der Waals surface area contributed by atoms with Crippen LogP contribution in [0.15, 0.2) is 11.1 Å². The van der Waals surface area contributed by atoms with Crippen LogP contribution in [0.5, 0.6) is 0 Å². The monoisotopic (exact) mass is 191 g/mol. The molecule has 0 saturated carbocycles. The molecule has 0 aliphatic rings. The lowest BCUT2D eigenvalue weighted by atomic mass is 10.2. The van der Waals surface area contributed by atoms with E-state index in [-0.39, 0.29) is 12.6 Å². The van der Waals surface area contributed by atoms with Gasteiger partial charge < -0.3 is 10.5 Å². The summed E-state index contributed by atoms with van der Waals surface area (Å²) in [5.74, 6) is 0.0161. The van der Waals surface area contributed by atoms with Crippen LogP contribution in [0.4, 0.5) is 0 Å². The number of allylic oxidation sites excluding steroid dienone is 1. The maximum atomic E-state index is 11.1. The van der Waals surface area contributed by atoms with E-state index in [0.717, 1.165) is 5.57 Å². The Morgan fingerprint density at radius 2 is 2.08 bits per heavy atom. The van der Waals surface area contributed by atoms with Gasteiger partial charge in [-0.3, -0.25) is 0 Å². The lowest BCUT2D eigenvalue weighted by Crippen LogP contribution is -2.15. The number of hydrogen-bond donors (Lipinski definition) is 1. The minimum atomic E-state index is -0.335. The molecule has 12 heavy (non-hydrogen) atoms. The van der Waals surface area contributed by atoms with Crippen LogP contribution in [0, 0.1) is 0 Å². The van der Waals surface area contributed by atoms with Crippen LogP contribution in [0.3, 0.4) is 0 Å². The van der Waals surface area contributed by atoms with Gasteiger partial charge in [-0.05, 0) is 19.4 Å². The van der Waals surface area contributed by atoms with Crippen molar-refractivity contribution in [3.8, 4) is 0 Å². The summed E-state index contributed by atoms with van der Waals surface area (Å²) >= 11 is 5.53. The minimum absolute atomic E-state index is 0.256. The summed E-state index contributed by atoms with van der Waals surface area (Å²) in [5.41, 5.74) is 6.57. The number of nitrogens with two attached hydrogens (primary N) is 1. The molecule has 0 aromatic carbocycles. The van der Waals surface area contributed by atoms with E-state index in [9.17, 15) is 4.79 Å². The Labute approximate surface area is 77.5 Å². The van der Waals surface area contributed by atoms with Gasteiger partial charge in [0.1, 0.15) is 6.61 Å². The number of carbonyl (C=O) groups excluding carboxylic acids is 1. The summed E-state index contributed by atoms with van der Waals surface area (Å²) in [6.45, 7) is 4.09. The lowest BCUT2D eigenvalue weighted by Gasteiger charge is -2.04. The second-order valence-electron chi connectivity index (χ2n) is 2.46. The Hall–Kier alpha value is -0.540. The second-order valence-corrected chi connectivity index (χ2v) is 2.73. The van der Waals surface area contributed by atoms with Gasteiger partial charge in [0.2, 0.25) is 0 Å². The number of ether oxygens (including phenoxy) is 1.